The molecule has 0 radical (unpaired) electrons. The number of hydrogen-bond donors (Lipinski definition) is 0. The summed E-state index contributed by atoms with van der Waals surface area (Å²) in [6.07, 6.45) is 9.94. The number of hydrogen-bond acceptors (Lipinski definition) is 2. The molecule has 22 heavy (non-hydrogen) atoms. The Bertz CT molecular complexity index is 510. The van der Waals surface area contributed by atoms with Crippen LogP contribution in [-0.2, 0) is 4.79 Å². The van der Waals surface area contributed by atoms with Crippen molar-refractivity contribution in [1.82, 2.24) is 0 Å². The summed E-state index contributed by atoms with van der Waals surface area (Å²) in [6.45, 7) is 6.85. The van der Waals surface area contributed by atoms with Crippen molar-refractivity contribution in [3.05, 3.63) is 41.5 Å². The lowest BCUT2D eigenvalue weighted by Crippen LogP contribution is -2.23. The summed E-state index contributed by atoms with van der Waals surface area (Å²) in [5.74, 6) is 1.46. The van der Waals surface area contributed by atoms with Crippen LogP contribution in [0.2, 0.25) is 0 Å². The Labute approximate surface area is 134 Å². The van der Waals surface area contributed by atoms with E-state index in [1.807, 2.05) is 12.1 Å². The van der Waals surface area contributed by atoms with Gasteiger partial charge in [-0.15, -0.1) is 0 Å². The molecular formula is C20H28O2. The average molecular weight is 300 g/mol. The minimum atomic E-state index is 0.00226. The number of allylic oxidation sites excluding steroid dienone is 2. The molecule has 0 heterocycles. The van der Waals surface area contributed by atoms with Crippen LogP contribution >= 0.6 is 0 Å². The number of unbranched alkanes of at least 4 members (excludes halogenated alkanes) is 3. The predicted molar refractivity (Wildman–Crippen MR) is 91.3 cm³/mol. The van der Waals surface area contributed by atoms with Crippen LogP contribution in [0.4, 0.5) is 0 Å². The number of ketones is 1. The van der Waals surface area contributed by atoms with E-state index >= 15 is 0 Å². The molecule has 2 heteroatoms. The molecule has 2 nitrogen and oxygen atoms in total. The van der Waals surface area contributed by atoms with E-state index in [0.29, 0.717) is 12.5 Å². The van der Waals surface area contributed by atoms with E-state index in [9.17, 15) is 4.79 Å². The Morgan fingerprint density at radius 1 is 1.05 bits per heavy atom. The maximum Gasteiger partial charge on any atom is 0.162 e. The van der Waals surface area contributed by atoms with E-state index in [-0.39, 0.29) is 11.7 Å². The van der Waals surface area contributed by atoms with Gasteiger partial charge in [0, 0.05) is 0 Å². The average Bonchev–Trinajstić information content (AvgIpc) is 2.81. The largest absolute Gasteiger partial charge is 0.493 e. The second-order valence-corrected chi connectivity index (χ2v) is 6.52. The van der Waals surface area contributed by atoms with E-state index < -0.39 is 0 Å². The SMILES string of the molecule is CCCCCC[C@H]1C=CC(=O)[C@@H]1COc1cc(C)cc(C)c1. The Kier molecular flexibility index (Phi) is 6.23. The molecule has 0 fully saturated rings. The first-order valence-electron chi connectivity index (χ1n) is 8.53. The van der Waals surface area contributed by atoms with Crippen LogP contribution in [0.3, 0.4) is 0 Å². The van der Waals surface area contributed by atoms with Crippen LogP contribution in [0.5, 0.6) is 5.75 Å². The quantitative estimate of drug-likeness (QED) is 0.630. The highest BCUT2D eigenvalue weighted by atomic mass is 16.5. The Balaban J connectivity index is 1.87. The number of carbonyl (C=O) groups excluding carboxylic acids is 1. The highest BCUT2D eigenvalue weighted by Gasteiger charge is 2.30. The summed E-state index contributed by atoms with van der Waals surface area (Å²) in [5, 5.41) is 0. The number of benzene rings is 1. The van der Waals surface area contributed by atoms with Crippen LogP contribution in [0.25, 0.3) is 0 Å². The van der Waals surface area contributed by atoms with Crippen molar-refractivity contribution >= 4 is 5.78 Å². The fraction of sp³-hybridized carbons (Fsp3) is 0.550. The molecule has 1 aliphatic rings. The van der Waals surface area contributed by atoms with Gasteiger partial charge < -0.3 is 4.74 Å². The third-order valence-electron chi connectivity index (χ3n) is 4.41. The van der Waals surface area contributed by atoms with Gasteiger partial charge in [-0.2, -0.15) is 0 Å². The van der Waals surface area contributed by atoms with Crippen molar-refractivity contribution in [2.45, 2.75) is 52.9 Å². The van der Waals surface area contributed by atoms with Crippen molar-refractivity contribution in [3.63, 3.8) is 0 Å². The molecular weight excluding hydrogens is 272 g/mol. The summed E-state index contributed by atoms with van der Waals surface area (Å²) in [5.41, 5.74) is 2.39. The topological polar surface area (TPSA) is 26.3 Å². The second-order valence-electron chi connectivity index (χ2n) is 6.52. The van der Waals surface area contributed by atoms with Gasteiger partial charge in [0.15, 0.2) is 5.78 Å². The van der Waals surface area contributed by atoms with Gasteiger partial charge in [-0.1, -0.05) is 44.7 Å². The molecule has 2 rings (SSSR count). The Hall–Kier alpha value is -1.57. The molecule has 0 spiro atoms. The van der Waals surface area contributed by atoms with Crippen LogP contribution in [0.1, 0.15) is 50.2 Å². The second kappa shape index (κ2) is 8.17. The normalized spacial score (nSPS) is 20.6. The molecule has 120 valence electrons. The zero-order valence-corrected chi connectivity index (χ0v) is 14.1. The third kappa shape index (κ3) is 4.72. The van der Waals surface area contributed by atoms with Crippen LogP contribution < -0.4 is 4.74 Å². The summed E-state index contributed by atoms with van der Waals surface area (Å²) in [7, 11) is 0. The lowest BCUT2D eigenvalue weighted by atomic mass is 9.90. The van der Waals surface area contributed by atoms with E-state index in [1.165, 1.54) is 36.8 Å². The molecule has 1 aliphatic carbocycles. The van der Waals surface area contributed by atoms with E-state index in [1.54, 1.807) is 6.08 Å². The van der Waals surface area contributed by atoms with Crippen molar-refractivity contribution in [2.24, 2.45) is 11.8 Å². The first kappa shape index (κ1) is 16.8. The zero-order valence-electron chi connectivity index (χ0n) is 14.1. The van der Waals surface area contributed by atoms with Gasteiger partial charge in [-0.3, -0.25) is 4.79 Å². The molecule has 2 atom stereocenters. The van der Waals surface area contributed by atoms with Crippen molar-refractivity contribution < 1.29 is 9.53 Å². The summed E-state index contributed by atoms with van der Waals surface area (Å²) in [6, 6.07) is 6.21. The maximum atomic E-state index is 12.1. The fourth-order valence-corrected chi connectivity index (χ4v) is 3.20. The van der Waals surface area contributed by atoms with Crippen molar-refractivity contribution in [2.75, 3.05) is 6.61 Å². The highest BCUT2D eigenvalue weighted by Crippen LogP contribution is 2.29. The molecule has 1 aromatic carbocycles. The standard InChI is InChI=1S/C20H28O2/c1-4-5-6-7-8-17-9-10-20(21)19(17)14-22-18-12-15(2)11-16(3)13-18/h9-13,17,19H,4-8,14H2,1-3H3/t17-,19+/m0/s1. The molecule has 0 N–H and O–H groups in total. The maximum absolute atomic E-state index is 12.1. The zero-order chi connectivity index (χ0) is 15.9. The molecule has 1 aromatic rings. The first-order chi connectivity index (χ1) is 10.6. The van der Waals surface area contributed by atoms with E-state index in [4.69, 9.17) is 4.74 Å². The van der Waals surface area contributed by atoms with Crippen LogP contribution in [-0.4, -0.2) is 12.4 Å². The number of aryl methyl sites for hydroxylation is 2. The molecule has 0 aromatic heterocycles. The summed E-state index contributed by atoms with van der Waals surface area (Å²) in [4.78, 5) is 12.1. The Morgan fingerprint density at radius 3 is 2.45 bits per heavy atom. The van der Waals surface area contributed by atoms with Gasteiger partial charge in [0.2, 0.25) is 0 Å². The van der Waals surface area contributed by atoms with Crippen LogP contribution in [0.15, 0.2) is 30.4 Å². The lowest BCUT2D eigenvalue weighted by Gasteiger charge is -2.19. The molecule has 0 saturated carbocycles. The monoisotopic (exact) mass is 300 g/mol. The van der Waals surface area contributed by atoms with Gasteiger partial charge in [0.25, 0.3) is 0 Å². The van der Waals surface area contributed by atoms with Gasteiger partial charge in [0.05, 0.1) is 12.5 Å². The molecule has 0 saturated heterocycles. The smallest absolute Gasteiger partial charge is 0.162 e. The number of rotatable bonds is 8. The minimum Gasteiger partial charge on any atom is -0.493 e. The molecule has 0 unspecified atom stereocenters. The number of carbonyl (C=O) groups is 1. The predicted octanol–water partition coefficient (Wildman–Crippen LogP) is 5.02. The van der Waals surface area contributed by atoms with E-state index in [0.717, 1.165) is 12.2 Å². The summed E-state index contributed by atoms with van der Waals surface area (Å²) < 4.78 is 5.92. The van der Waals surface area contributed by atoms with E-state index in [2.05, 4.69) is 32.9 Å². The lowest BCUT2D eigenvalue weighted by molar-refractivity contribution is -0.119. The van der Waals surface area contributed by atoms with Crippen LogP contribution in [0, 0.1) is 25.7 Å². The van der Waals surface area contributed by atoms with Gasteiger partial charge in [0.1, 0.15) is 5.75 Å². The summed E-state index contributed by atoms with van der Waals surface area (Å²) >= 11 is 0. The van der Waals surface area contributed by atoms with Gasteiger partial charge in [-0.25, -0.2) is 0 Å². The minimum absolute atomic E-state index is 0.00226. The van der Waals surface area contributed by atoms with Crippen molar-refractivity contribution in [1.29, 1.82) is 0 Å². The molecule has 0 aliphatic heterocycles. The Morgan fingerprint density at radius 2 is 1.77 bits per heavy atom. The van der Waals surface area contributed by atoms with Gasteiger partial charge >= 0.3 is 0 Å². The van der Waals surface area contributed by atoms with Crippen molar-refractivity contribution in [3.8, 4) is 5.75 Å². The number of ether oxygens (including phenoxy) is 1. The van der Waals surface area contributed by atoms with Gasteiger partial charge in [-0.05, 0) is 55.5 Å². The highest BCUT2D eigenvalue weighted by molar-refractivity contribution is 5.94. The fourth-order valence-electron chi connectivity index (χ4n) is 3.20. The molecule has 0 bridgehead atoms. The molecule has 0 amide bonds. The third-order valence-corrected chi connectivity index (χ3v) is 4.41. The first-order valence-corrected chi connectivity index (χ1v) is 8.53.